The lowest BCUT2D eigenvalue weighted by atomic mass is 10.1. The number of benzene rings is 2. The van der Waals surface area contributed by atoms with Crippen LogP contribution in [0.25, 0.3) is 33.0 Å². The number of imidazole rings is 1. The second-order valence-electron chi connectivity index (χ2n) is 6.76. The minimum Gasteiger partial charge on any atom is -0.394 e. The molecule has 0 unspecified atom stereocenters. The number of fused-ring (bicyclic) bond motifs is 4. The molecule has 0 aliphatic rings. The topological polar surface area (TPSA) is 108 Å². The van der Waals surface area contributed by atoms with Crippen LogP contribution >= 0.6 is 11.8 Å². The number of nitrogen functional groups attached to an aromatic ring is 1. The number of aliphatic hydroxyl groups excluding tert-OH is 1. The van der Waals surface area contributed by atoms with Gasteiger partial charge in [-0.3, -0.25) is 0 Å². The van der Waals surface area contributed by atoms with Gasteiger partial charge in [-0.2, -0.15) is 0 Å². The van der Waals surface area contributed by atoms with E-state index < -0.39 is 0 Å². The van der Waals surface area contributed by atoms with Crippen molar-refractivity contribution in [1.29, 1.82) is 0 Å². The highest BCUT2D eigenvalue weighted by molar-refractivity contribution is 7.98. The molecule has 3 N–H and O–H groups in total. The molecule has 5 rings (SSSR count). The zero-order chi connectivity index (χ0) is 20.0. The number of nitrogens with zero attached hydrogens (tertiary/aromatic N) is 6. The van der Waals surface area contributed by atoms with Crippen LogP contribution in [0, 0.1) is 0 Å². The monoisotopic (exact) mass is 405 g/mol. The molecule has 3 heterocycles. The van der Waals surface area contributed by atoms with Gasteiger partial charge in [-0.15, -0.1) is 5.10 Å². The fraction of sp³-hybridized carbons (Fsp3) is 0.200. The van der Waals surface area contributed by atoms with Crippen LogP contribution in [0.4, 0.5) is 5.82 Å². The van der Waals surface area contributed by atoms with Gasteiger partial charge in [0.1, 0.15) is 11.0 Å². The largest absolute Gasteiger partial charge is 0.394 e. The minimum absolute atomic E-state index is 0.0286. The first-order chi connectivity index (χ1) is 14.2. The highest BCUT2D eigenvalue weighted by Gasteiger charge is 2.17. The first kappa shape index (κ1) is 17.9. The molecule has 0 spiro atoms. The Hall–Kier alpha value is -3.17. The van der Waals surface area contributed by atoms with Crippen LogP contribution < -0.4 is 5.73 Å². The van der Waals surface area contributed by atoms with Gasteiger partial charge in [0, 0.05) is 5.39 Å². The molecule has 29 heavy (non-hydrogen) atoms. The van der Waals surface area contributed by atoms with Crippen molar-refractivity contribution in [2.24, 2.45) is 0 Å². The standard InChI is InChI=1S/C20H19N7OS/c1-29-20-23-17-18(13-4-2-3-5-14(13)22-19(17)21)26(20)11-12-6-7-16-15(10-12)24-25-27(16)8-9-28/h2-7,10,28H,8-9,11H2,1H3,(H2,21,22). The number of hydrogen-bond donors (Lipinski definition) is 2. The number of aromatic nitrogens is 6. The average Bonchev–Trinajstić information content (AvgIpc) is 3.30. The smallest absolute Gasteiger partial charge is 0.169 e. The van der Waals surface area contributed by atoms with Crippen LogP contribution in [0.3, 0.4) is 0 Å². The van der Waals surface area contributed by atoms with Gasteiger partial charge >= 0.3 is 0 Å². The molecule has 0 amide bonds. The summed E-state index contributed by atoms with van der Waals surface area (Å²) in [6, 6.07) is 14.1. The number of rotatable bonds is 5. The van der Waals surface area contributed by atoms with Crippen LogP contribution in [-0.4, -0.2) is 47.5 Å². The van der Waals surface area contributed by atoms with Gasteiger partial charge in [0.15, 0.2) is 11.0 Å². The Labute approximate surface area is 170 Å². The number of para-hydroxylation sites is 1. The van der Waals surface area contributed by atoms with E-state index in [1.54, 1.807) is 16.4 Å². The molecule has 5 aromatic rings. The van der Waals surface area contributed by atoms with Crippen molar-refractivity contribution in [3.05, 3.63) is 48.0 Å². The number of thioether (sulfide) groups is 1. The average molecular weight is 405 g/mol. The molecule has 0 saturated carbocycles. The van der Waals surface area contributed by atoms with Crippen molar-refractivity contribution in [1.82, 2.24) is 29.5 Å². The third kappa shape index (κ3) is 2.90. The summed E-state index contributed by atoms with van der Waals surface area (Å²) in [5, 5.41) is 19.4. The van der Waals surface area contributed by atoms with Gasteiger partial charge in [0.25, 0.3) is 0 Å². The van der Waals surface area contributed by atoms with Crippen LogP contribution in [0.5, 0.6) is 0 Å². The summed E-state index contributed by atoms with van der Waals surface area (Å²) in [6.45, 7) is 1.08. The first-order valence-corrected chi connectivity index (χ1v) is 10.4. The number of aliphatic hydroxyl groups is 1. The lowest BCUT2D eigenvalue weighted by Crippen LogP contribution is -2.04. The lowest BCUT2D eigenvalue weighted by molar-refractivity contribution is 0.270. The molecule has 0 saturated heterocycles. The molecule has 0 fully saturated rings. The maximum atomic E-state index is 9.17. The van der Waals surface area contributed by atoms with Crippen molar-refractivity contribution in [3.8, 4) is 0 Å². The summed E-state index contributed by atoms with van der Waals surface area (Å²) in [4.78, 5) is 9.26. The van der Waals surface area contributed by atoms with Crippen molar-refractivity contribution >= 4 is 50.5 Å². The van der Waals surface area contributed by atoms with Crippen molar-refractivity contribution in [3.63, 3.8) is 0 Å². The van der Waals surface area contributed by atoms with Crippen LogP contribution in [0.1, 0.15) is 5.56 Å². The van der Waals surface area contributed by atoms with E-state index in [0.29, 0.717) is 18.9 Å². The summed E-state index contributed by atoms with van der Waals surface area (Å²) in [5.74, 6) is 0.440. The Balaban J connectivity index is 1.67. The molecule has 0 aliphatic heterocycles. The number of hydrogen-bond acceptors (Lipinski definition) is 7. The van der Waals surface area contributed by atoms with E-state index >= 15 is 0 Å². The van der Waals surface area contributed by atoms with E-state index in [9.17, 15) is 5.11 Å². The zero-order valence-electron chi connectivity index (χ0n) is 15.8. The lowest BCUT2D eigenvalue weighted by Gasteiger charge is -2.10. The van der Waals surface area contributed by atoms with Gasteiger partial charge in [-0.1, -0.05) is 41.2 Å². The zero-order valence-corrected chi connectivity index (χ0v) is 16.6. The second kappa shape index (κ2) is 7.02. The first-order valence-electron chi connectivity index (χ1n) is 9.21. The third-order valence-corrected chi connectivity index (χ3v) is 5.67. The highest BCUT2D eigenvalue weighted by atomic mass is 32.2. The van der Waals surface area contributed by atoms with E-state index in [0.717, 1.165) is 43.7 Å². The molecular weight excluding hydrogens is 386 g/mol. The van der Waals surface area contributed by atoms with Gasteiger partial charge < -0.3 is 15.4 Å². The summed E-state index contributed by atoms with van der Waals surface area (Å²) >= 11 is 1.58. The predicted molar refractivity (Wildman–Crippen MR) is 115 cm³/mol. The van der Waals surface area contributed by atoms with Gasteiger partial charge in [0.05, 0.1) is 36.2 Å². The normalized spacial score (nSPS) is 11.8. The van der Waals surface area contributed by atoms with Gasteiger partial charge in [-0.25, -0.2) is 14.6 Å². The number of nitrogens with two attached hydrogens (primary N) is 1. The Morgan fingerprint density at radius 2 is 1.97 bits per heavy atom. The molecule has 8 nitrogen and oxygen atoms in total. The van der Waals surface area contributed by atoms with Gasteiger partial charge in [-0.05, 0) is 30.0 Å². The van der Waals surface area contributed by atoms with Gasteiger partial charge in [0.2, 0.25) is 0 Å². The molecular formula is C20H19N7OS. The highest BCUT2D eigenvalue weighted by Crippen LogP contribution is 2.32. The Bertz CT molecular complexity index is 1360. The van der Waals surface area contributed by atoms with E-state index in [1.165, 1.54) is 0 Å². The fourth-order valence-corrected chi connectivity index (χ4v) is 4.26. The second-order valence-corrected chi connectivity index (χ2v) is 7.53. The van der Waals surface area contributed by atoms with Crippen LogP contribution in [0.15, 0.2) is 47.6 Å². The quantitative estimate of drug-likeness (QED) is 0.433. The van der Waals surface area contributed by atoms with E-state index in [1.807, 2.05) is 36.6 Å². The number of pyridine rings is 1. The summed E-state index contributed by atoms with van der Waals surface area (Å²) in [7, 11) is 0. The SMILES string of the molecule is CSc1nc2c(N)nc3ccccc3c2n1Cc1ccc2c(c1)nnn2CCO. The maximum absolute atomic E-state index is 9.17. The van der Waals surface area contributed by atoms with E-state index in [4.69, 9.17) is 10.7 Å². The minimum atomic E-state index is 0.0286. The fourth-order valence-electron chi connectivity index (χ4n) is 3.70. The molecule has 2 aromatic carbocycles. The van der Waals surface area contributed by atoms with Crippen molar-refractivity contribution in [2.75, 3.05) is 18.6 Å². The predicted octanol–water partition coefficient (Wildman–Crippen LogP) is 2.67. The van der Waals surface area contributed by atoms with E-state index in [-0.39, 0.29) is 6.61 Å². The maximum Gasteiger partial charge on any atom is 0.169 e. The molecule has 0 aliphatic carbocycles. The Morgan fingerprint density at radius 1 is 1.10 bits per heavy atom. The Kier molecular flexibility index (Phi) is 4.33. The third-order valence-electron chi connectivity index (χ3n) is 4.99. The van der Waals surface area contributed by atoms with Crippen LogP contribution in [0.2, 0.25) is 0 Å². The molecule has 9 heteroatoms. The van der Waals surface area contributed by atoms with Crippen molar-refractivity contribution < 1.29 is 5.11 Å². The van der Waals surface area contributed by atoms with Crippen LogP contribution in [-0.2, 0) is 13.1 Å². The summed E-state index contributed by atoms with van der Waals surface area (Å²) in [5.41, 5.74) is 11.6. The number of anilines is 1. The molecule has 0 bridgehead atoms. The molecule has 146 valence electrons. The molecule has 0 radical (unpaired) electrons. The molecule has 3 aromatic heterocycles. The molecule has 0 atom stereocenters. The summed E-state index contributed by atoms with van der Waals surface area (Å²) in [6.07, 6.45) is 2.01. The van der Waals surface area contributed by atoms with Crippen molar-refractivity contribution in [2.45, 2.75) is 18.2 Å². The Morgan fingerprint density at radius 3 is 2.79 bits per heavy atom. The summed E-state index contributed by atoms with van der Waals surface area (Å²) < 4.78 is 3.89. The van der Waals surface area contributed by atoms with E-state index in [2.05, 4.69) is 32.0 Å².